The van der Waals surface area contributed by atoms with E-state index in [-0.39, 0.29) is 17.2 Å². The van der Waals surface area contributed by atoms with E-state index < -0.39 is 16.6 Å². The number of ether oxygens (including phenoxy) is 1. The normalized spacial score (nSPS) is 10.1. The highest BCUT2D eigenvalue weighted by Crippen LogP contribution is 2.26. The highest BCUT2D eigenvalue weighted by atomic mass is 19.2. The van der Waals surface area contributed by atoms with Crippen LogP contribution >= 0.6 is 0 Å². The van der Waals surface area contributed by atoms with E-state index in [2.05, 4.69) is 0 Å². The SMILES string of the molecule is O=[N+]([O-])c1ccc(Oc2cccc(F)c2F)cc1. The summed E-state index contributed by atoms with van der Waals surface area (Å²) in [5.41, 5.74) is -0.109. The van der Waals surface area contributed by atoms with Gasteiger partial charge in [0.25, 0.3) is 5.69 Å². The first kappa shape index (κ1) is 12.0. The van der Waals surface area contributed by atoms with Gasteiger partial charge in [0.05, 0.1) is 4.92 Å². The molecule has 0 heterocycles. The van der Waals surface area contributed by atoms with Crippen molar-refractivity contribution in [2.45, 2.75) is 0 Å². The number of non-ortho nitro benzene ring substituents is 1. The van der Waals surface area contributed by atoms with Crippen molar-refractivity contribution >= 4 is 5.69 Å². The zero-order valence-electron chi connectivity index (χ0n) is 8.97. The van der Waals surface area contributed by atoms with Crippen LogP contribution in [0.25, 0.3) is 0 Å². The van der Waals surface area contributed by atoms with Crippen LogP contribution in [0, 0.1) is 21.7 Å². The quantitative estimate of drug-likeness (QED) is 0.617. The summed E-state index contributed by atoms with van der Waals surface area (Å²) in [6, 6.07) is 8.58. The Morgan fingerprint density at radius 1 is 1.06 bits per heavy atom. The summed E-state index contributed by atoms with van der Waals surface area (Å²) >= 11 is 0. The third kappa shape index (κ3) is 2.42. The average Bonchev–Trinajstić information content (AvgIpc) is 2.36. The van der Waals surface area contributed by atoms with Crippen molar-refractivity contribution in [3.8, 4) is 11.5 Å². The van der Waals surface area contributed by atoms with E-state index in [0.29, 0.717) is 0 Å². The van der Waals surface area contributed by atoms with Crippen molar-refractivity contribution in [3.05, 3.63) is 64.2 Å². The molecule has 2 aromatic rings. The molecule has 4 nitrogen and oxygen atoms in total. The molecule has 0 atom stereocenters. The third-order valence-corrected chi connectivity index (χ3v) is 2.19. The molecular formula is C12H7F2NO3. The molecule has 0 bridgehead atoms. The summed E-state index contributed by atoms with van der Waals surface area (Å²) in [4.78, 5) is 9.86. The van der Waals surface area contributed by atoms with Crippen LogP contribution in [0.2, 0.25) is 0 Å². The Kier molecular flexibility index (Phi) is 3.18. The molecule has 6 heteroatoms. The summed E-state index contributed by atoms with van der Waals surface area (Å²) in [5.74, 6) is -2.21. The van der Waals surface area contributed by atoms with Crippen LogP contribution < -0.4 is 4.74 Å². The molecule has 92 valence electrons. The first-order valence-electron chi connectivity index (χ1n) is 4.94. The second-order valence-corrected chi connectivity index (χ2v) is 3.41. The Labute approximate surface area is 101 Å². The van der Waals surface area contributed by atoms with E-state index in [1.54, 1.807) is 0 Å². The number of hydrogen-bond donors (Lipinski definition) is 0. The van der Waals surface area contributed by atoms with E-state index in [4.69, 9.17) is 4.74 Å². The summed E-state index contributed by atoms with van der Waals surface area (Å²) < 4.78 is 31.3. The standard InChI is InChI=1S/C12H7F2NO3/c13-10-2-1-3-11(12(10)14)18-9-6-4-8(5-7-9)15(16)17/h1-7H. The second-order valence-electron chi connectivity index (χ2n) is 3.41. The Hall–Kier alpha value is -2.50. The van der Waals surface area contributed by atoms with Gasteiger partial charge in [-0.1, -0.05) is 6.07 Å². The molecule has 0 aliphatic carbocycles. The smallest absolute Gasteiger partial charge is 0.269 e. The van der Waals surface area contributed by atoms with Gasteiger partial charge in [0.2, 0.25) is 5.82 Å². The van der Waals surface area contributed by atoms with Crippen molar-refractivity contribution in [2.75, 3.05) is 0 Å². The molecule has 0 unspecified atom stereocenters. The van der Waals surface area contributed by atoms with E-state index >= 15 is 0 Å². The average molecular weight is 251 g/mol. The molecule has 0 N–H and O–H groups in total. The maximum atomic E-state index is 13.3. The lowest BCUT2D eigenvalue weighted by molar-refractivity contribution is -0.384. The Balaban J connectivity index is 2.24. The Bertz CT molecular complexity index is 584. The van der Waals surface area contributed by atoms with Gasteiger partial charge >= 0.3 is 0 Å². The lowest BCUT2D eigenvalue weighted by atomic mass is 10.3. The predicted octanol–water partition coefficient (Wildman–Crippen LogP) is 3.67. The Morgan fingerprint density at radius 3 is 2.33 bits per heavy atom. The van der Waals surface area contributed by atoms with Gasteiger partial charge < -0.3 is 4.74 Å². The van der Waals surface area contributed by atoms with Crippen LogP contribution in [0.1, 0.15) is 0 Å². The third-order valence-electron chi connectivity index (χ3n) is 2.19. The minimum absolute atomic E-state index is 0.109. The zero-order chi connectivity index (χ0) is 13.1. The summed E-state index contributed by atoms with van der Waals surface area (Å²) in [7, 11) is 0. The first-order chi connectivity index (χ1) is 8.58. The highest BCUT2D eigenvalue weighted by molar-refractivity contribution is 5.39. The van der Waals surface area contributed by atoms with Crippen molar-refractivity contribution < 1.29 is 18.4 Å². The van der Waals surface area contributed by atoms with Gasteiger partial charge in [0.15, 0.2) is 11.6 Å². The molecular weight excluding hydrogens is 244 g/mol. The van der Waals surface area contributed by atoms with Crippen LogP contribution in [0.4, 0.5) is 14.5 Å². The number of nitro groups is 1. The monoisotopic (exact) mass is 251 g/mol. The van der Waals surface area contributed by atoms with E-state index in [1.165, 1.54) is 36.4 Å². The lowest BCUT2D eigenvalue weighted by Gasteiger charge is -2.06. The van der Waals surface area contributed by atoms with Crippen LogP contribution in [0.15, 0.2) is 42.5 Å². The minimum atomic E-state index is -1.10. The Morgan fingerprint density at radius 2 is 1.72 bits per heavy atom. The number of nitrogens with zero attached hydrogens (tertiary/aromatic N) is 1. The number of nitro benzene ring substituents is 1. The van der Waals surface area contributed by atoms with Gasteiger partial charge in [-0.05, 0) is 24.3 Å². The van der Waals surface area contributed by atoms with Crippen LogP contribution in [0.3, 0.4) is 0 Å². The molecule has 0 aromatic heterocycles. The molecule has 0 saturated carbocycles. The first-order valence-corrected chi connectivity index (χ1v) is 4.94. The fourth-order valence-electron chi connectivity index (χ4n) is 1.33. The lowest BCUT2D eigenvalue weighted by Crippen LogP contribution is -1.92. The van der Waals surface area contributed by atoms with Gasteiger partial charge in [-0.2, -0.15) is 4.39 Å². The minimum Gasteiger partial charge on any atom is -0.454 e. The van der Waals surface area contributed by atoms with Crippen molar-refractivity contribution in [3.63, 3.8) is 0 Å². The van der Waals surface area contributed by atoms with Gasteiger partial charge in [0.1, 0.15) is 5.75 Å². The van der Waals surface area contributed by atoms with E-state index in [1.807, 2.05) is 0 Å². The molecule has 2 rings (SSSR count). The number of halogens is 2. The predicted molar refractivity (Wildman–Crippen MR) is 59.5 cm³/mol. The maximum absolute atomic E-state index is 13.3. The number of rotatable bonds is 3. The van der Waals surface area contributed by atoms with E-state index in [0.717, 1.165) is 6.07 Å². The molecule has 0 amide bonds. The highest BCUT2D eigenvalue weighted by Gasteiger charge is 2.10. The molecule has 0 radical (unpaired) electrons. The van der Waals surface area contributed by atoms with Crippen LogP contribution in [-0.2, 0) is 0 Å². The van der Waals surface area contributed by atoms with Crippen molar-refractivity contribution in [1.82, 2.24) is 0 Å². The van der Waals surface area contributed by atoms with Crippen molar-refractivity contribution in [2.24, 2.45) is 0 Å². The molecule has 0 saturated heterocycles. The van der Waals surface area contributed by atoms with Crippen molar-refractivity contribution in [1.29, 1.82) is 0 Å². The molecule has 0 fully saturated rings. The maximum Gasteiger partial charge on any atom is 0.269 e. The van der Waals surface area contributed by atoms with Gasteiger partial charge in [-0.25, -0.2) is 4.39 Å². The van der Waals surface area contributed by atoms with E-state index in [9.17, 15) is 18.9 Å². The van der Waals surface area contributed by atoms with Gasteiger partial charge in [-0.15, -0.1) is 0 Å². The fraction of sp³-hybridized carbons (Fsp3) is 0. The fourth-order valence-corrected chi connectivity index (χ4v) is 1.33. The summed E-state index contributed by atoms with van der Waals surface area (Å²) in [5, 5.41) is 10.4. The van der Waals surface area contributed by atoms with Gasteiger partial charge in [-0.3, -0.25) is 10.1 Å². The van der Waals surface area contributed by atoms with Crippen LogP contribution in [-0.4, -0.2) is 4.92 Å². The van der Waals surface area contributed by atoms with Crippen LogP contribution in [0.5, 0.6) is 11.5 Å². The summed E-state index contributed by atoms with van der Waals surface area (Å²) in [6.07, 6.45) is 0. The molecule has 0 aliphatic rings. The number of benzene rings is 2. The molecule has 0 spiro atoms. The van der Waals surface area contributed by atoms with Gasteiger partial charge in [0, 0.05) is 12.1 Å². The number of hydrogen-bond acceptors (Lipinski definition) is 3. The summed E-state index contributed by atoms with van der Waals surface area (Å²) in [6.45, 7) is 0. The molecule has 18 heavy (non-hydrogen) atoms. The zero-order valence-corrected chi connectivity index (χ0v) is 8.97. The molecule has 2 aromatic carbocycles. The molecule has 0 aliphatic heterocycles. The second kappa shape index (κ2) is 4.79. The largest absolute Gasteiger partial charge is 0.454 e. The topological polar surface area (TPSA) is 52.4 Å².